The number of halogens is 5. The van der Waals surface area contributed by atoms with E-state index >= 15 is 0 Å². The van der Waals surface area contributed by atoms with Crippen LogP contribution in [0, 0.1) is 11.6 Å². The Morgan fingerprint density at radius 2 is 1.76 bits per heavy atom. The van der Waals surface area contributed by atoms with Crippen LogP contribution in [0.4, 0.5) is 22.0 Å². The van der Waals surface area contributed by atoms with E-state index in [1.165, 1.54) is 28.5 Å². The van der Waals surface area contributed by atoms with Crippen molar-refractivity contribution in [3.63, 3.8) is 0 Å². The maximum absolute atomic E-state index is 13.3. The van der Waals surface area contributed by atoms with E-state index in [2.05, 4.69) is 15.6 Å². The van der Waals surface area contributed by atoms with Crippen molar-refractivity contribution in [2.45, 2.75) is 31.6 Å². The summed E-state index contributed by atoms with van der Waals surface area (Å²) in [6.45, 7) is -0.128. The van der Waals surface area contributed by atoms with Crippen molar-refractivity contribution >= 4 is 11.8 Å². The van der Waals surface area contributed by atoms with Crippen LogP contribution in [0.2, 0.25) is 0 Å². The van der Waals surface area contributed by atoms with Gasteiger partial charge < -0.3 is 5.32 Å². The van der Waals surface area contributed by atoms with Gasteiger partial charge in [-0.25, -0.2) is 18.9 Å². The fourth-order valence-electron chi connectivity index (χ4n) is 3.10. The number of hydrogen-bond donors (Lipinski definition) is 3. The average Bonchev–Trinajstić information content (AvgIpc) is 3.27. The van der Waals surface area contributed by atoms with Crippen molar-refractivity contribution < 1.29 is 36.7 Å². The van der Waals surface area contributed by atoms with Gasteiger partial charge in [0.2, 0.25) is 5.91 Å². The van der Waals surface area contributed by atoms with Crippen LogP contribution in [0.5, 0.6) is 0 Å². The molecule has 1 aromatic heterocycles. The molecule has 3 aromatic rings. The molecular formula is C21H18F5N5O3. The van der Waals surface area contributed by atoms with Crippen LogP contribution in [-0.4, -0.2) is 32.0 Å². The zero-order valence-corrected chi connectivity index (χ0v) is 17.3. The smallest absolute Gasteiger partial charge is 0.346 e. The lowest BCUT2D eigenvalue weighted by Gasteiger charge is -2.16. The number of hydrogen-bond acceptors (Lipinski definition) is 5. The summed E-state index contributed by atoms with van der Waals surface area (Å²) in [5, 5.41) is 19.1. The quantitative estimate of drug-likeness (QED) is 0.259. The van der Waals surface area contributed by atoms with Gasteiger partial charge in [0, 0.05) is 5.56 Å². The van der Waals surface area contributed by atoms with Crippen molar-refractivity contribution in [2.24, 2.45) is 0 Å². The van der Waals surface area contributed by atoms with Gasteiger partial charge >= 0.3 is 6.18 Å². The van der Waals surface area contributed by atoms with Crippen molar-refractivity contribution in [1.82, 2.24) is 25.8 Å². The monoisotopic (exact) mass is 483 g/mol. The second-order valence-corrected chi connectivity index (χ2v) is 7.29. The molecule has 0 aliphatic heterocycles. The summed E-state index contributed by atoms with van der Waals surface area (Å²) in [6, 6.07) is 6.33. The number of benzene rings is 2. The zero-order valence-electron chi connectivity index (χ0n) is 17.3. The van der Waals surface area contributed by atoms with Gasteiger partial charge in [-0.05, 0) is 42.3 Å². The Morgan fingerprint density at radius 3 is 2.38 bits per heavy atom. The number of carbonyl (C=O) groups is 2. The second-order valence-electron chi connectivity index (χ2n) is 7.29. The fraction of sp³-hybridized carbons (Fsp3) is 0.238. The molecule has 13 heteroatoms. The van der Waals surface area contributed by atoms with Crippen LogP contribution in [-0.2, 0) is 23.9 Å². The number of alkyl halides is 3. The predicted molar refractivity (Wildman–Crippen MR) is 106 cm³/mol. The van der Waals surface area contributed by atoms with E-state index in [9.17, 15) is 31.5 Å². The molecular weight excluding hydrogens is 465 g/mol. The molecule has 3 N–H and O–H groups in total. The van der Waals surface area contributed by atoms with Gasteiger partial charge in [0.1, 0.15) is 5.69 Å². The van der Waals surface area contributed by atoms with Gasteiger partial charge in [-0.2, -0.15) is 13.2 Å². The molecule has 0 aliphatic rings. The minimum atomic E-state index is -4.49. The van der Waals surface area contributed by atoms with Gasteiger partial charge in [-0.3, -0.25) is 14.8 Å². The van der Waals surface area contributed by atoms with Gasteiger partial charge in [0.15, 0.2) is 11.6 Å². The van der Waals surface area contributed by atoms with Crippen LogP contribution in [0.3, 0.4) is 0 Å². The van der Waals surface area contributed by atoms with Gasteiger partial charge in [-0.15, -0.1) is 5.10 Å². The van der Waals surface area contributed by atoms with Gasteiger partial charge in [-0.1, -0.05) is 17.3 Å². The summed E-state index contributed by atoms with van der Waals surface area (Å²) in [5.74, 6) is -3.70. The molecule has 0 bridgehead atoms. The largest absolute Gasteiger partial charge is 0.416 e. The molecule has 0 radical (unpaired) electrons. The summed E-state index contributed by atoms with van der Waals surface area (Å²) in [6.07, 6.45) is -3.25. The highest BCUT2D eigenvalue weighted by molar-refractivity contribution is 5.94. The molecule has 0 aliphatic carbocycles. The molecule has 1 atom stereocenters. The Hall–Kier alpha value is -3.87. The SMILES string of the molecule is O=C(C[C@@H](Cc1ccc(C(F)(F)F)cc1)n1cc(CNC(=O)c2ccc(F)c(F)c2)nn1)NO. The van der Waals surface area contributed by atoms with E-state index in [0.717, 1.165) is 30.3 Å². The predicted octanol–water partition coefficient (Wildman–Crippen LogP) is 3.18. The highest BCUT2D eigenvalue weighted by atomic mass is 19.4. The molecule has 3 rings (SSSR count). The molecule has 0 saturated carbocycles. The van der Waals surface area contributed by atoms with E-state index in [-0.39, 0.29) is 30.6 Å². The molecule has 1 heterocycles. The number of nitrogens with zero attached hydrogens (tertiary/aromatic N) is 3. The zero-order chi connectivity index (χ0) is 24.9. The van der Waals surface area contributed by atoms with Gasteiger partial charge in [0.25, 0.3) is 5.91 Å². The third-order valence-corrected chi connectivity index (χ3v) is 4.84. The molecule has 0 saturated heterocycles. The Morgan fingerprint density at radius 1 is 1.06 bits per heavy atom. The Labute approximate surface area is 189 Å². The number of amides is 2. The minimum Gasteiger partial charge on any atom is -0.346 e. The molecule has 2 aromatic carbocycles. The summed E-state index contributed by atoms with van der Waals surface area (Å²) < 4.78 is 65.9. The first-order valence-corrected chi connectivity index (χ1v) is 9.80. The van der Waals surface area contributed by atoms with Crippen LogP contribution in [0.1, 0.15) is 39.6 Å². The van der Waals surface area contributed by atoms with Crippen molar-refractivity contribution in [3.8, 4) is 0 Å². The summed E-state index contributed by atoms with van der Waals surface area (Å²) in [5.41, 5.74) is 1.31. The lowest BCUT2D eigenvalue weighted by molar-refractivity contribution is -0.137. The van der Waals surface area contributed by atoms with Crippen LogP contribution >= 0.6 is 0 Å². The molecule has 0 fully saturated rings. The molecule has 0 unspecified atom stereocenters. The maximum Gasteiger partial charge on any atom is 0.416 e. The lowest BCUT2D eigenvalue weighted by Crippen LogP contribution is -2.25. The Kier molecular flexibility index (Phi) is 7.56. The third kappa shape index (κ3) is 6.34. The van der Waals surface area contributed by atoms with Crippen LogP contribution < -0.4 is 10.8 Å². The summed E-state index contributed by atoms with van der Waals surface area (Å²) in [4.78, 5) is 23.8. The van der Waals surface area contributed by atoms with Gasteiger partial charge in [0.05, 0.1) is 30.8 Å². The molecule has 34 heavy (non-hydrogen) atoms. The summed E-state index contributed by atoms with van der Waals surface area (Å²) in [7, 11) is 0. The standard InChI is InChI=1S/C21H18F5N5O3/c22-17-6-3-13(8-18(17)23)20(33)27-10-15-11-31(30-28-15)16(9-19(32)29-34)7-12-1-4-14(5-2-12)21(24,25)26/h1-6,8,11,16,34H,7,9-10H2,(H,27,33)(H,29,32)/t16-/m1/s1. The van der Waals surface area contributed by atoms with Crippen molar-refractivity contribution in [1.29, 1.82) is 0 Å². The van der Waals surface area contributed by atoms with Crippen molar-refractivity contribution in [2.75, 3.05) is 0 Å². The number of nitrogens with one attached hydrogen (secondary N) is 2. The number of carbonyl (C=O) groups excluding carboxylic acids is 2. The van der Waals surface area contributed by atoms with E-state index in [1.54, 1.807) is 0 Å². The molecule has 8 nitrogen and oxygen atoms in total. The number of rotatable bonds is 8. The molecule has 2 amide bonds. The lowest BCUT2D eigenvalue weighted by atomic mass is 10.0. The second kappa shape index (κ2) is 10.4. The average molecular weight is 483 g/mol. The normalized spacial score (nSPS) is 12.3. The summed E-state index contributed by atoms with van der Waals surface area (Å²) >= 11 is 0. The Bertz CT molecular complexity index is 1160. The topological polar surface area (TPSA) is 109 Å². The Balaban J connectivity index is 1.70. The highest BCUT2D eigenvalue weighted by Gasteiger charge is 2.30. The van der Waals surface area contributed by atoms with E-state index in [1.807, 2.05) is 0 Å². The maximum atomic E-state index is 13.3. The van der Waals surface area contributed by atoms with E-state index < -0.39 is 41.2 Å². The first-order valence-electron chi connectivity index (χ1n) is 9.80. The number of aromatic nitrogens is 3. The minimum absolute atomic E-state index is 0.0928. The molecule has 180 valence electrons. The third-order valence-electron chi connectivity index (χ3n) is 4.84. The van der Waals surface area contributed by atoms with E-state index in [4.69, 9.17) is 5.21 Å². The number of hydroxylamine groups is 1. The first kappa shape index (κ1) is 24.8. The highest BCUT2D eigenvalue weighted by Crippen LogP contribution is 2.29. The first-order chi connectivity index (χ1) is 16.1. The van der Waals surface area contributed by atoms with E-state index in [0.29, 0.717) is 5.56 Å². The van der Waals surface area contributed by atoms with Crippen LogP contribution in [0.15, 0.2) is 48.7 Å². The van der Waals surface area contributed by atoms with Crippen LogP contribution in [0.25, 0.3) is 0 Å². The molecule has 0 spiro atoms. The van der Waals surface area contributed by atoms with Crippen molar-refractivity contribution in [3.05, 3.63) is 82.7 Å². The fourth-order valence-corrected chi connectivity index (χ4v) is 3.10.